The van der Waals surface area contributed by atoms with Crippen LogP contribution in [0.3, 0.4) is 0 Å². The summed E-state index contributed by atoms with van der Waals surface area (Å²) in [7, 11) is 0. The Morgan fingerprint density at radius 2 is 2.19 bits per heavy atom. The molecule has 5 aliphatic rings. The lowest BCUT2D eigenvalue weighted by Crippen LogP contribution is -2.39. The molecule has 0 radical (unpaired) electrons. The maximum atomic E-state index is 11.8. The smallest absolute Gasteiger partial charge is 0.302 e. The summed E-state index contributed by atoms with van der Waals surface area (Å²) in [5, 5.41) is 0. The summed E-state index contributed by atoms with van der Waals surface area (Å²) in [5.74, 6) is 0.754. The zero-order valence-corrected chi connectivity index (χ0v) is 15.5. The van der Waals surface area contributed by atoms with Crippen molar-refractivity contribution in [3.63, 3.8) is 0 Å². The van der Waals surface area contributed by atoms with Crippen molar-refractivity contribution < 1.29 is 9.53 Å². The molecule has 3 aliphatic carbocycles. The molecular formula is C23H27NO2. The number of rotatable bonds is 1. The van der Waals surface area contributed by atoms with E-state index in [1.165, 1.54) is 30.5 Å². The summed E-state index contributed by atoms with van der Waals surface area (Å²) in [5.41, 5.74) is 7.68. The van der Waals surface area contributed by atoms with Crippen molar-refractivity contribution in [1.29, 1.82) is 0 Å². The molecule has 3 atom stereocenters. The zero-order chi connectivity index (χ0) is 17.7. The van der Waals surface area contributed by atoms with Gasteiger partial charge in [-0.05, 0) is 54.9 Å². The number of esters is 1. The van der Waals surface area contributed by atoms with Crippen LogP contribution in [0.1, 0.15) is 45.4 Å². The first-order valence-electron chi connectivity index (χ1n) is 10.1. The molecule has 26 heavy (non-hydrogen) atoms. The van der Waals surface area contributed by atoms with Crippen LogP contribution in [0.4, 0.5) is 0 Å². The average molecular weight is 349 g/mol. The predicted octanol–water partition coefficient (Wildman–Crippen LogP) is 4.45. The Hall–Kier alpha value is -2.03. The summed E-state index contributed by atoms with van der Waals surface area (Å²) >= 11 is 0. The van der Waals surface area contributed by atoms with Crippen LogP contribution in [0.25, 0.3) is 0 Å². The first-order valence-corrected chi connectivity index (χ1v) is 10.1. The normalized spacial score (nSPS) is 32.4. The Labute approximate surface area is 155 Å². The second-order valence-electron chi connectivity index (χ2n) is 8.23. The number of allylic oxidation sites excluding steroid dienone is 5. The van der Waals surface area contributed by atoms with Gasteiger partial charge in [-0.25, -0.2) is 0 Å². The van der Waals surface area contributed by atoms with Crippen LogP contribution in [-0.2, 0) is 9.53 Å². The van der Waals surface area contributed by atoms with E-state index >= 15 is 0 Å². The number of nitrogens with zero attached hydrogens (tertiary/aromatic N) is 1. The van der Waals surface area contributed by atoms with E-state index in [9.17, 15) is 4.79 Å². The van der Waals surface area contributed by atoms with E-state index in [2.05, 4.69) is 35.3 Å². The first-order chi connectivity index (χ1) is 12.7. The van der Waals surface area contributed by atoms with Crippen LogP contribution in [0, 0.1) is 11.8 Å². The molecule has 0 amide bonds. The second-order valence-corrected chi connectivity index (χ2v) is 8.23. The third kappa shape index (κ3) is 2.52. The van der Waals surface area contributed by atoms with Gasteiger partial charge in [-0.2, -0.15) is 0 Å². The molecule has 2 aliphatic heterocycles. The fraction of sp³-hybridized carbons (Fsp3) is 0.522. The van der Waals surface area contributed by atoms with Crippen molar-refractivity contribution in [2.45, 2.75) is 51.6 Å². The molecule has 2 heterocycles. The Kier molecular flexibility index (Phi) is 3.91. The fourth-order valence-corrected chi connectivity index (χ4v) is 5.76. The van der Waals surface area contributed by atoms with Crippen LogP contribution in [0.5, 0.6) is 0 Å². The van der Waals surface area contributed by atoms with Crippen LogP contribution in [0.2, 0.25) is 0 Å². The summed E-state index contributed by atoms with van der Waals surface area (Å²) in [6.07, 6.45) is 18.3. The molecule has 3 nitrogen and oxygen atoms in total. The Morgan fingerprint density at radius 1 is 1.27 bits per heavy atom. The summed E-state index contributed by atoms with van der Waals surface area (Å²) in [6.45, 7) is 3.58. The van der Waals surface area contributed by atoms with Gasteiger partial charge in [-0.3, -0.25) is 4.79 Å². The molecule has 0 aromatic carbocycles. The standard InChI is InChI=1S/C23H27NO2/c1-15(25)26-22-13-16-7-6-10-19-21-11-4-5-12-24(21)14-20(23(16)19)17-8-2-3-9-18(17)22/h2,4-5,8,11,18-19,22H,3,6-7,9-10,12-14H2,1H3. The van der Waals surface area contributed by atoms with E-state index < -0.39 is 0 Å². The van der Waals surface area contributed by atoms with Gasteiger partial charge in [0.15, 0.2) is 0 Å². The average Bonchev–Trinajstić information content (AvgIpc) is 2.78. The molecule has 0 spiro atoms. The topological polar surface area (TPSA) is 29.5 Å². The molecule has 1 fully saturated rings. The fourth-order valence-electron chi connectivity index (χ4n) is 5.76. The van der Waals surface area contributed by atoms with E-state index in [1.807, 2.05) is 0 Å². The molecule has 3 heteroatoms. The molecule has 0 N–H and O–H groups in total. The number of piperidine rings is 1. The van der Waals surface area contributed by atoms with E-state index in [4.69, 9.17) is 4.74 Å². The summed E-state index contributed by atoms with van der Waals surface area (Å²) < 4.78 is 5.88. The quantitative estimate of drug-likeness (QED) is 0.655. The number of carbonyl (C=O) groups is 1. The van der Waals surface area contributed by atoms with E-state index in [1.54, 1.807) is 23.6 Å². The van der Waals surface area contributed by atoms with Crippen LogP contribution >= 0.6 is 0 Å². The maximum Gasteiger partial charge on any atom is 0.302 e. The van der Waals surface area contributed by atoms with Crippen molar-refractivity contribution in [2.75, 3.05) is 13.1 Å². The van der Waals surface area contributed by atoms with Gasteiger partial charge < -0.3 is 9.64 Å². The van der Waals surface area contributed by atoms with Crippen molar-refractivity contribution in [2.24, 2.45) is 11.8 Å². The van der Waals surface area contributed by atoms with Crippen molar-refractivity contribution in [1.82, 2.24) is 4.90 Å². The number of hydrogen-bond acceptors (Lipinski definition) is 3. The molecule has 136 valence electrons. The number of hydrogen-bond donors (Lipinski definition) is 0. The van der Waals surface area contributed by atoms with Gasteiger partial charge in [0.05, 0.1) is 0 Å². The highest BCUT2D eigenvalue weighted by Gasteiger charge is 2.42. The minimum absolute atomic E-state index is 0.0101. The minimum Gasteiger partial charge on any atom is -0.462 e. The Balaban J connectivity index is 1.68. The van der Waals surface area contributed by atoms with Crippen molar-refractivity contribution >= 4 is 5.97 Å². The van der Waals surface area contributed by atoms with Crippen LogP contribution in [-0.4, -0.2) is 30.1 Å². The van der Waals surface area contributed by atoms with Gasteiger partial charge in [0.25, 0.3) is 0 Å². The highest BCUT2D eigenvalue weighted by atomic mass is 16.5. The zero-order valence-electron chi connectivity index (χ0n) is 15.5. The second kappa shape index (κ2) is 6.29. The lowest BCUT2D eigenvalue weighted by Gasteiger charge is -2.44. The van der Waals surface area contributed by atoms with Gasteiger partial charge in [0.1, 0.15) is 6.10 Å². The molecule has 5 rings (SSSR count). The first kappa shape index (κ1) is 16.2. The Bertz CT molecular complexity index is 795. The molecule has 3 unspecified atom stereocenters. The Morgan fingerprint density at radius 3 is 3.08 bits per heavy atom. The monoisotopic (exact) mass is 349 g/mol. The highest BCUT2D eigenvalue weighted by molar-refractivity contribution is 5.66. The molecule has 0 bridgehead atoms. The van der Waals surface area contributed by atoms with Gasteiger partial charge in [0, 0.05) is 44.0 Å². The molecule has 1 saturated heterocycles. The van der Waals surface area contributed by atoms with E-state index in [0.29, 0.717) is 11.8 Å². The molecule has 0 aromatic rings. The maximum absolute atomic E-state index is 11.8. The van der Waals surface area contributed by atoms with Crippen LogP contribution in [0.15, 0.2) is 58.4 Å². The summed E-state index contributed by atoms with van der Waals surface area (Å²) in [6, 6.07) is 0. The van der Waals surface area contributed by atoms with Gasteiger partial charge in [0.2, 0.25) is 0 Å². The third-order valence-electron chi connectivity index (χ3n) is 6.73. The largest absolute Gasteiger partial charge is 0.462 e. The number of ether oxygens (including phenoxy) is 1. The van der Waals surface area contributed by atoms with Crippen molar-refractivity contribution in [3.05, 3.63) is 58.4 Å². The molecular weight excluding hydrogens is 322 g/mol. The SMILES string of the molecule is CC(=O)OC1CC2=C3C(=C4C=CCCC41)CN1CC=CC=C1C3CCC2. The van der Waals surface area contributed by atoms with Crippen LogP contribution < -0.4 is 0 Å². The van der Waals surface area contributed by atoms with Gasteiger partial charge in [-0.1, -0.05) is 29.9 Å². The lowest BCUT2D eigenvalue weighted by atomic mass is 9.72. The van der Waals surface area contributed by atoms with Gasteiger partial charge in [-0.15, -0.1) is 0 Å². The van der Waals surface area contributed by atoms with E-state index in [-0.39, 0.29) is 12.1 Å². The summed E-state index contributed by atoms with van der Waals surface area (Å²) in [4.78, 5) is 14.4. The molecule has 0 aromatic heterocycles. The predicted molar refractivity (Wildman–Crippen MR) is 102 cm³/mol. The van der Waals surface area contributed by atoms with Crippen molar-refractivity contribution in [3.8, 4) is 0 Å². The minimum atomic E-state index is -0.138. The highest BCUT2D eigenvalue weighted by Crippen LogP contribution is 2.51. The molecule has 0 saturated carbocycles. The number of fused-ring (bicyclic) bond motifs is 3. The number of carbonyl (C=O) groups excluding carboxylic acids is 1. The third-order valence-corrected chi connectivity index (χ3v) is 6.73. The van der Waals surface area contributed by atoms with Gasteiger partial charge >= 0.3 is 5.97 Å². The van der Waals surface area contributed by atoms with E-state index in [0.717, 1.165) is 32.4 Å². The lowest BCUT2D eigenvalue weighted by molar-refractivity contribution is -0.148.